The fraction of sp³-hybridized carbons (Fsp3) is 0.294. The van der Waals surface area contributed by atoms with Gasteiger partial charge in [0, 0.05) is 18.1 Å². The molecule has 0 spiro atoms. The molecule has 0 saturated heterocycles. The molecular formula is C17H20N4. The molecule has 2 aromatic heterocycles. The van der Waals surface area contributed by atoms with Crippen molar-refractivity contribution in [2.75, 3.05) is 0 Å². The summed E-state index contributed by atoms with van der Waals surface area (Å²) in [6, 6.07) is 12.3. The van der Waals surface area contributed by atoms with Gasteiger partial charge in [0.1, 0.15) is 0 Å². The lowest BCUT2D eigenvalue weighted by molar-refractivity contribution is 0.567. The summed E-state index contributed by atoms with van der Waals surface area (Å²) >= 11 is 0. The standard InChI is InChI=1S/C17H20N4/c1-3-21-17(10-12(2)20-21)15(18)11-13-8-9-19-16-7-5-4-6-14(13)16/h4-10,15H,3,11,18H2,1-2H3. The van der Waals surface area contributed by atoms with Gasteiger partial charge in [0.2, 0.25) is 0 Å². The molecule has 2 heterocycles. The predicted molar refractivity (Wildman–Crippen MR) is 85.0 cm³/mol. The Labute approximate surface area is 124 Å². The van der Waals surface area contributed by atoms with Crippen LogP contribution in [0.3, 0.4) is 0 Å². The Morgan fingerprint density at radius 3 is 2.86 bits per heavy atom. The molecule has 0 aliphatic heterocycles. The van der Waals surface area contributed by atoms with Crippen molar-refractivity contribution in [3.05, 3.63) is 59.5 Å². The summed E-state index contributed by atoms with van der Waals surface area (Å²) in [6.07, 6.45) is 2.64. The maximum absolute atomic E-state index is 6.43. The molecule has 1 atom stereocenters. The third kappa shape index (κ3) is 2.67. The highest BCUT2D eigenvalue weighted by molar-refractivity contribution is 5.81. The average Bonchev–Trinajstić information content (AvgIpc) is 2.89. The first-order valence-electron chi connectivity index (χ1n) is 7.31. The molecule has 0 radical (unpaired) electrons. The van der Waals surface area contributed by atoms with Gasteiger partial charge < -0.3 is 5.73 Å². The summed E-state index contributed by atoms with van der Waals surface area (Å²) in [6.45, 7) is 4.93. The number of fused-ring (bicyclic) bond motifs is 1. The van der Waals surface area contributed by atoms with E-state index in [4.69, 9.17) is 5.73 Å². The highest BCUT2D eigenvalue weighted by Gasteiger charge is 2.14. The zero-order valence-electron chi connectivity index (χ0n) is 12.5. The molecule has 0 saturated carbocycles. The lowest BCUT2D eigenvalue weighted by Crippen LogP contribution is -2.18. The third-order valence-corrected chi connectivity index (χ3v) is 3.79. The van der Waals surface area contributed by atoms with Crippen molar-refractivity contribution in [3.63, 3.8) is 0 Å². The third-order valence-electron chi connectivity index (χ3n) is 3.79. The van der Waals surface area contributed by atoms with Crippen molar-refractivity contribution in [1.82, 2.24) is 14.8 Å². The Balaban J connectivity index is 1.94. The average molecular weight is 280 g/mol. The van der Waals surface area contributed by atoms with Crippen molar-refractivity contribution in [2.24, 2.45) is 5.73 Å². The van der Waals surface area contributed by atoms with E-state index in [-0.39, 0.29) is 6.04 Å². The first-order valence-corrected chi connectivity index (χ1v) is 7.31. The number of aromatic nitrogens is 3. The molecular weight excluding hydrogens is 260 g/mol. The van der Waals surface area contributed by atoms with Gasteiger partial charge in [-0.2, -0.15) is 5.10 Å². The summed E-state index contributed by atoms with van der Waals surface area (Å²) in [5.74, 6) is 0. The Bertz CT molecular complexity index is 755. The van der Waals surface area contributed by atoms with Crippen LogP contribution in [0.4, 0.5) is 0 Å². The quantitative estimate of drug-likeness (QED) is 0.799. The van der Waals surface area contributed by atoms with Crippen LogP contribution in [0.1, 0.15) is 29.9 Å². The van der Waals surface area contributed by atoms with E-state index in [0.717, 1.165) is 29.9 Å². The summed E-state index contributed by atoms with van der Waals surface area (Å²) in [4.78, 5) is 4.40. The van der Waals surface area contributed by atoms with Crippen molar-refractivity contribution in [1.29, 1.82) is 0 Å². The number of aryl methyl sites for hydroxylation is 2. The van der Waals surface area contributed by atoms with E-state index in [1.54, 1.807) is 0 Å². The Morgan fingerprint density at radius 1 is 1.24 bits per heavy atom. The van der Waals surface area contributed by atoms with E-state index < -0.39 is 0 Å². The highest BCUT2D eigenvalue weighted by atomic mass is 15.3. The molecule has 0 bridgehead atoms. The van der Waals surface area contributed by atoms with Crippen LogP contribution in [-0.2, 0) is 13.0 Å². The lowest BCUT2D eigenvalue weighted by atomic mass is 10.0. The van der Waals surface area contributed by atoms with Gasteiger partial charge in [-0.15, -0.1) is 0 Å². The number of nitrogens with two attached hydrogens (primary N) is 1. The van der Waals surface area contributed by atoms with E-state index >= 15 is 0 Å². The normalized spacial score (nSPS) is 12.7. The summed E-state index contributed by atoms with van der Waals surface area (Å²) in [5, 5.41) is 5.65. The van der Waals surface area contributed by atoms with Gasteiger partial charge in [-0.05, 0) is 44.0 Å². The molecule has 3 rings (SSSR count). The number of benzene rings is 1. The first-order chi connectivity index (χ1) is 10.2. The number of rotatable bonds is 4. The molecule has 108 valence electrons. The molecule has 3 aromatic rings. The second kappa shape index (κ2) is 5.66. The lowest BCUT2D eigenvalue weighted by Gasteiger charge is -2.14. The number of hydrogen-bond donors (Lipinski definition) is 1. The SMILES string of the molecule is CCn1nc(C)cc1C(N)Cc1ccnc2ccccc12. The predicted octanol–water partition coefficient (Wildman–Crippen LogP) is 3.00. The maximum atomic E-state index is 6.43. The van der Waals surface area contributed by atoms with Gasteiger partial charge in [0.25, 0.3) is 0 Å². The Kier molecular flexibility index (Phi) is 3.71. The minimum atomic E-state index is -0.0584. The minimum Gasteiger partial charge on any atom is -0.322 e. The molecule has 4 heteroatoms. The zero-order valence-corrected chi connectivity index (χ0v) is 12.5. The van der Waals surface area contributed by atoms with Crippen LogP contribution >= 0.6 is 0 Å². The minimum absolute atomic E-state index is 0.0584. The monoisotopic (exact) mass is 280 g/mol. The van der Waals surface area contributed by atoms with Crippen LogP contribution in [0, 0.1) is 6.92 Å². The van der Waals surface area contributed by atoms with Gasteiger partial charge >= 0.3 is 0 Å². The molecule has 0 amide bonds. The van der Waals surface area contributed by atoms with Gasteiger partial charge in [-0.1, -0.05) is 18.2 Å². The van der Waals surface area contributed by atoms with Gasteiger partial charge in [-0.25, -0.2) is 0 Å². The molecule has 0 aliphatic rings. The fourth-order valence-corrected chi connectivity index (χ4v) is 2.79. The largest absolute Gasteiger partial charge is 0.322 e. The van der Waals surface area contributed by atoms with Crippen LogP contribution in [0.5, 0.6) is 0 Å². The number of pyridine rings is 1. The first kappa shape index (κ1) is 13.8. The summed E-state index contributed by atoms with van der Waals surface area (Å²) in [7, 11) is 0. The van der Waals surface area contributed by atoms with Crippen LogP contribution in [0.25, 0.3) is 10.9 Å². The fourth-order valence-electron chi connectivity index (χ4n) is 2.79. The molecule has 1 unspecified atom stereocenters. The summed E-state index contributed by atoms with van der Waals surface area (Å²) in [5.41, 5.74) is 10.8. The second-order valence-corrected chi connectivity index (χ2v) is 5.32. The van der Waals surface area contributed by atoms with Gasteiger partial charge in [0.15, 0.2) is 0 Å². The molecule has 4 nitrogen and oxygen atoms in total. The van der Waals surface area contributed by atoms with E-state index in [2.05, 4.69) is 35.2 Å². The molecule has 0 aliphatic carbocycles. The van der Waals surface area contributed by atoms with Crippen molar-refractivity contribution < 1.29 is 0 Å². The van der Waals surface area contributed by atoms with E-state index in [0.29, 0.717) is 0 Å². The van der Waals surface area contributed by atoms with Crippen LogP contribution < -0.4 is 5.73 Å². The van der Waals surface area contributed by atoms with Crippen molar-refractivity contribution in [2.45, 2.75) is 32.9 Å². The number of hydrogen-bond acceptors (Lipinski definition) is 3. The van der Waals surface area contributed by atoms with Crippen LogP contribution in [0.2, 0.25) is 0 Å². The summed E-state index contributed by atoms with van der Waals surface area (Å²) < 4.78 is 1.99. The number of para-hydroxylation sites is 1. The van der Waals surface area contributed by atoms with Gasteiger partial charge in [-0.3, -0.25) is 9.67 Å². The van der Waals surface area contributed by atoms with Crippen LogP contribution in [0.15, 0.2) is 42.6 Å². The van der Waals surface area contributed by atoms with Crippen LogP contribution in [-0.4, -0.2) is 14.8 Å². The molecule has 0 fully saturated rings. The van der Waals surface area contributed by atoms with E-state index in [1.807, 2.05) is 36.0 Å². The maximum Gasteiger partial charge on any atom is 0.0704 e. The number of nitrogens with zero attached hydrogens (tertiary/aromatic N) is 3. The molecule has 21 heavy (non-hydrogen) atoms. The Hall–Kier alpha value is -2.20. The topological polar surface area (TPSA) is 56.7 Å². The molecule has 2 N–H and O–H groups in total. The van der Waals surface area contributed by atoms with Crippen molar-refractivity contribution >= 4 is 10.9 Å². The van der Waals surface area contributed by atoms with E-state index in [1.165, 1.54) is 10.9 Å². The highest BCUT2D eigenvalue weighted by Crippen LogP contribution is 2.22. The Morgan fingerprint density at radius 2 is 2.05 bits per heavy atom. The molecule has 1 aromatic carbocycles. The van der Waals surface area contributed by atoms with Crippen molar-refractivity contribution in [3.8, 4) is 0 Å². The van der Waals surface area contributed by atoms with Gasteiger partial charge in [0.05, 0.1) is 22.9 Å². The second-order valence-electron chi connectivity index (χ2n) is 5.32. The zero-order chi connectivity index (χ0) is 14.8. The smallest absolute Gasteiger partial charge is 0.0704 e. The van der Waals surface area contributed by atoms with E-state index in [9.17, 15) is 0 Å².